The summed E-state index contributed by atoms with van der Waals surface area (Å²) in [4.78, 5) is 4.06. The minimum atomic E-state index is 0.286. The Labute approximate surface area is 157 Å². The Morgan fingerprint density at radius 2 is 1.84 bits per heavy atom. The average molecular weight is 370 g/mol. The normalized spacial score (nSPS) is 17.3. The summed E-state index contributed by atoms with van der Waals surface area (Å²) in [5.74, 6) is 0.900. The third kappa shape index (κ3) is 3.45. The van der Waals surface area contributed by atoms with Crippen molar-refractivity contribution in [2.75, 3.05) is 13.7 Å². The molecule has 0 spiro atoms. The molecule has 3 aromatic rings. The Morgan fingerprint density at radius 3 is 2.56 bits per heavy atom. The first kappa shape index (κ1) is 16.6. The summed E-state index contributed by atoms with van der Waals surface area (Å²) in [6.45, 7) is 1.99. The van der Waals surface area contributed by atoms with Crippen LogP contribution in [0.15, 0.2) is 60.0 Å². The Hall–Kier alpha value is -1.81. The standard InChI is InChI=1S/C21H20ClNOS/c1-24-18-8-2-15(3-9-18)14-23-12-10-20-19(11-13-25-20)21(23)16-4-6-17(22)7-5-16/h2-9,11,13,21H,10,12,14H2,1H3. The third-order valence-electron chi connectivity index (χ3n) is 4.80. The van der Waals surface area contributed by atoms with Gasteiger partial charge >= 0.3 is 0 Å². The molecule has 1 unspecified atom stereocenters. The van der Waals surface area contributed by atoms with Crippen molar-refractivity contribution in [3.63, 3.8) is 0 Å². The molecule has 1 atom stereocenters. The molecule has 1 aliphatic heterocycles. The van der Waals surface area contributed by atoms with E-state index in [1.807, 2.05) is 35.6 Å². The van der Waals surface area contributed by atoms with Gasteiger partial charge in [0.2, 0.25) is 0 Å². The van der Waals surface area contributed by atoms with E-state index < -0.39 is 0 Å². The fraction of sp³-hybridized carbons (Fsp3) is 0.238. The molecule has 4 rings (SSSR count). The van der Waals surface area contributed by atoms with Gasteiger partial charge in [0.05, 0.1) is 13.2 Å². The van der Waals surface area contributed by atoms with Crippen LogP contribution in [0.25, 0.3) is 0 Å². The van der Waals surface area contributed by atoms with E-state index in [1.165, 1.54) is 21.6 Å². The van der Waals surface area contributed by atoms with Crippen LogP contribution >= 0.6 is 22.9 Å². The first-order chi connectivity index (χ1) is 12.2. The number of hydrogen-bond acceptors (Lipinski definition) is 3. The summed E-state index contributed by atoms with van der Waals surface area (Å²) in [7, 11) is 1.70. The largest absolute Gasteiger partial charge is 0.497 e. The second-order valence-corrected chi connectivity index (χ2v) is 7.76. The predicted molar refractivity (Wildman–Crippen MR) is 105 cm³/mol. The van der Waals surface area contributed by atoms with Crippen LogP contribution in [-0.4, -0.2) is 18.6 Å². The molecule has 1 aliphatic rings. The van der Waals surface area contributed by atoms with Gasteiger partial charge in [-0.25, -0.2) is 0 Å². The van der Waals surface area contributed by atoms with Crippen LogP contribution in [0.1, 0.15) is 27.6 Å². The molecule has 0 saturated carbocycles. The lowest BCUT2D eigenvalue weighted by atomic mass is 9.93. The lowest BCUT2D eigenvalue weighted by Gasteiger charge is -2.36. The summed E-state index contributed by atoms with van der Waals surface area (Å²) in [5, 5.41) is 3.00. The van der Waals surface area contributed by atoms with Crippen LogP contribution in [0, 0.1) is 0 Å². The zero-order chi connectivity index (χ0) is 17.2. The van der Waals surface area contributed by atoms with E-state index in [1.54, 1.807) is 7.11 Å². The quantitative estimate of drug-likeness (QED) is 0.597. The maximum Gasteiger partial charge on any atom is 0.118 e. The molecular formula is C21H20ClNOS. The van der Waals surface area contributed by atoms with Crippen molar-refractivity contribution in [2.24, 2.45) is 0 Å². The number of ether oxygens (including phenoxy) is 1. The van der Waals surface area contributed by atoms with E-state index >= 15 is 0 Å². The van der Waals surface area contributed by atoms with Gasteiger partial charge in [0.25, 0.3) is 0 Å². The van der Waals surface area contributed by atoms with Crippen molar-refractivity contribution in [1.82, 2.24) is 4.90 Å². The molecule has 0 amide bonds. The van der Waals surface area contributed by atoms with Crippen LogP contribution < -0.4 is 4.74 Å². The number of halogens is 1. The van der Waals surface area contributed by atoms with E-state index in [9.17, 15) is 0 Å². The molecule has 0 aliphatic carbocycles. The topological polar surface area (TPSA) is 12.5 Å². The monoisotopic (exact) mass is 369 g/mol. The zero-order valence-electron chi connectivity index (χ0n) is 14.1. The van der Waals surface area contributed by atoms with Gasteiger partial charge in [0.15, 0.2) is 0 Å². The highest BCUT2D eigenvalue weighted by Gasteiger charge is 2.29. The highest BCUT2D eigenvalue weighted by molar-refractivity contribution is 7.10. The average Bonchev–Trinajstić information content (AvgIpc) is 3.12. The number of rotatable bonds is 4. The van der Waals surface area contributed by atoms with E-state index in [4.69, 9.17) is 16.3 Å². The first-order valence-corrected chi connectivity index (χ1v) is 9.69. The fourth-order valence-electron chi connectivity index (χ4n) is 3.54. The minimum Gasteiger partial charge on any atom is -0.497 e. The lowest BCUT2D eigenvalue weighted by molar-refractivity contribution is 0.206. The number of hydrogen-bond donors (Lipinski definition) is 0. The smallest absolute Gasteiger partial charge is 0.118 e. The Balaban J connectivity index is 1.66. The van der Waals surface area contributed by atoms with Crippen molar-refractivity contribution in [3.05, 3.63) is 86.6 Å². The second-order valence-electron chi connectivity index (χ2n) is 6.32. The van der Waals surface area contributed by atoms with E-state index in [0.29, 0.717) is 0 Å². The second kappa shape index (κ2) is 7.20. The fourth-order valence-corrected chi connectivity index (χ4v) is 4.57. The third-order valence-corrected chi connectivity index (χ3v) is 6.04. The molecule has 0 fully saturated rings. The summed E-state index contributed by atoms with van der Waals surface area (Å²) in [6, 6.07) is 19.2. The summed E-state index contributed by atoms with van der Waals surface area (Å²) < 4.78 is 5.27. The van der Waals surface area contributed by atoms with Crippen LogP contribution in [-0.2, 0) is 13.0 Å². The maximum atomic E-state index is 6.10. The van der Waals surface area contributed by atoms with Gasteiger partial charge in [-0.2, -0.15) is 0 Å². The van der Waals surface area contributed by atoms with Gasteiger partial charge in [-0.15, -0.1) is 11.3 Å². The predicted octanol–water partition coefficient (Wildman–Crippen LogP) is 5.56. The van der Waals surface area contributed by atoms with Crippen molar-refractivity contribution in [3.8, 4) is 5.75 Å². The number of fused-ring (bicyclic) bond motifs is 1. The molecule has 25 heavy (non-hydrogen) atoms. The van der Waals surface area contributed by atoms with E-state index in [-0.39, 0.29) is 6.04 Å². The van der Waals surface area contributed by atoms with Gasteiger partial charge in [0, 0.05) is 23.0 Å². The van der Waals surface area contributed by atoms with Crippen molar-refractivity contribution >= 4 is 22.9 Å². The number of benzene rings is 2. The Bertz CT molecular complexity index is 841. The molecule has 0 saturated heterocycles. The van der Waals surface area contributed by atoms with Gasteiger partial charge in [-0.1, -0.05) is 35.9 Å². The summed E-state index contributed by atoms with van der Waals surface area (Å²) >= 11 is 7.97. The maximum absolute atomic E-state index is 6.10. The molecule has 0 bridgehead atoms. The van der Waals surface area contributed by atoms with Crippen molar-refractivity contribution in [1.29, 1.82) is 0 Å². The van der Waals surface area contributed by atoms with Gasteiger partial charge in [-0.05, 0) is 58.8 Å². The minimum absolute atomic E-state index is 0.286. The Kier molecular flexibility index (Phi) is 4.80. The van der Waals surface area contributed by atoms with Gasteiger partial charge in [-0.3, -0.25) is 4.90 Å². The zero-order valence-corrected chi connectivity index (χ0v) is 15.7. The highest BCUT2D eigenvalue weighted by atomic mass is 35.5. The number of nitrogens with zero attached hydrogens (tertiary/aromatic N) is 1. The summed E-state index contributed by atoms with van der Waals surface area (Å²) in [6.07, 6.45) is 1.12. The van der Waals surface area contributed by atoms with Gasteiger partial charge in [0.1, 0.15) is 5.75 Å². The van der Waals surface area contributed by atoms with Crippen molar-refractivity contribution in [2.45, 2.75) is 19.0 Å². The molecule has 2 heterocycles. The Morgan fingerprint density at radius 1 is 1.08 bits per heavy atom. The van der Waals surface area contributed by atoms with Gasteiger partial charge < -0.3 is 4.74 Å². The molecular weight excluding hydrogens is 350 g/mol. The van der Waals surface area contributed by atoms with Crippen LogP contribution in [0.3, 0.4) is 0 Å². The molecule has 1 aromatic heterocycles. The van der Waals surface area contributed by atoms with Crippen LogP contribution in [0.5, 0.6) is 5.75 Å². The molecule has 128 valence electrons. The van der Waals surface area contributed by atoms with Crippen LogP contribution in [0.4, 0.5) is 0 Å². The SMILES string of the molecule is COc1ccc(CN2CCc3sccc3C2c2ccc(Cl)cc2)cc1. The lowest BCUT2D eigenvalue weighted by Crippen LogP contribution is -2.34. The number of methoxy groups -OCH3 is 1. The molecule has 2 nitrogen and oxygen atoms in total. The molecule has 0 radical (unpaired) electrons. The molecule has 4 heteroatoms. The highest BCUT2D eigenvalue weighted by Crippen LogP contribution is 2.38. The number of thiophene rings is 1. The molecule has 0 N–H and O–H groups in total. The van der Waals surface area contributed by atoms with E-state index in [0.717, 1.165) is 30.3 Å². The van der Waals surface area contributed by atoms with Crippen molar-refractivity contribution < 1.29 is 4.74 Å². The molecule has 2 aromatic carbocycles. The van der Waals surface area contributed by atoms with Crippen LogP contribution in [0.2, 0.25) is 5.02 Å². The summed E-state index contributed by atoms with van der Waals surface area (Å²) in [5.41, 5.74) is 4.04. The van der Waals surface area contributed by atoms with E-state index in [2.05, 4.69) is 40.6 Å². The first-order valence-electron chi connectivity index (χ1n) is 8.43.